The standard InChI is InChI=1S/C29H30F5N5O3/c30-18-10-28(6-1-7-39(28)14-18)15-41-27-36-25-21(26(37-27)38-12-16-2-3-17(8-16)13-38)11-35-24(23(25)31)20-9-19(40)4-5-22(20)42-29(32,33)34/h4-5,9,11,16-18,40H,1-3,6-8,10,12-15H2/t16?,17?,18-,28+/m1/s1. The van der Waals surface area contributed by atoms with Gasteiger partial charge < -0.3 is 19.5 Å². The Morgan fingerprint density at radius 1 is 1.10 bits per heavy atom. The molecule has 2 aromatic heterocycles. The molecule has 4 atom stereocenters. The van der Waals surface area contributed by atoms with E-state index in [4.69, 9.17) is 9.72 Å². The topological polar surface area (TPSA) is 83.8 Å². The van der Waals surface area contributed by atoms with Crippen LogP contribution >= 0.6 is 0 Å². The Labute approximate surface area is 238 Å². The molecular weight excluding hydrogens is 561 g/mol. The fourth-order valence-electron chi connectivity index (χ4n) is 7.46. The number of nitrogens with zero attached hydrogens (tertiary/aromatic N) is 5. The molecule has 0 radical (unpaired) electrons. The van der Waals surface area contributed by atoms with Gasteiger partial charge in [0.2, 0.25) is 0 Å². The number of pyridine rings is 1. The Morgan fingerprint density at radius 3 is 2.64 bits per heavy atom. The normalized spacial score (nSPS) is 27.5. The van der Waals surface area contributed by atoms with Gasteiger partial charge in [-0.05, 0) is 68.7 Å². The second-order valence-electron chi connectivity index (χ2n) is 12.1. The predicted octanol–water partition coefficient (Wildman–Crippen LogP) is 5.63. The maximum absolute atomic E-state index is 16.3. The molecule has 1 aromatic carbocycles. The van der Waals surface area contributed by atoms with E-state index in [2.05, 4.69) is 24.5 Å². The van der Waals surface area contributed by atoms with Crippen LogP contribution in [0.25, 0.3) is 22.2 Å². The number of hydrogen-bond acceptors (Lipinski definition) is 8. The van der Waals surface area contributed by atoms with Crippen molar-refractivity contribution in [2.75, 3.05) is 37.7 Å². The fraction of sp³-hybridized carbons (Fsp3) is 0.552. The molecule has 0 spiro atoms. The second kappa shape index (κ2) is 10.1. The number of benzene rings is 1. The van der Waals surface area contributed by atoms with Crippen LogP contribution in [0.2, 0.25) is 0 Å². The van der Waals surface area contributed by atoms with Gasteiger partial charge in [0.05, 0.1) is 10.9 Å². The molecule has 2 bridgehead atoms. The van der Waals surface area contributed by atoms with E-state index in [0.717, 1.165) is 69.9 Å². The number of aromatic nitrogens is 3. The summed E-state index contributed by atoms with van der Waals surface area (Å²) in [7, 11) is 0. The Balaban J connectivity index is 1.32. The van der Waals surface area contributed by atoms with Crippen LogP contribution in [0, 0.1) is 17.7 Å². The van der Waals surface area contributed by atoms with E-state index in [0.29, 0.717) is 36.0 Å². The summed E-state index contributed by atoms with van der Waals surface area (Å²) in [5.41, 5.74) is -1.50. The summed E-state index contributed by atoms with van der Waals surface area (Å²) < 4.78 is 80.2. The van der Waals surface area contributed by atoms with Crippen LogP contribution in [-0.4, -0.2) is 75.8 Å². The number of phenolic OH excluding ortho intramolecular Hbond substituents is 1. The van der Waals surface area contributed by atoms with Gasteiger partial charge in [-0.15, -0.1) is 13.2 Å². The molecular formula is C29H30F5N5O3. The Hall–Kier alpha value is -3.48. The number of piperidine rings is 1. The molecule has 7 rings (SSSR count). The zero-order valence-corrected chi connectivity index (χ0v) is 22.7. The first-order valence-corrected chi connectivity index (χ1v) is 14.3. The number of ether oxygens (including phenoxy) is 2. The second-order valence-corrected chi connectivity index (χ2v) is 12.1. The minimum Gasteiger partial charge on any atom is -0.508 e. The highest BCUT2D eigenvalue weighted by Crippen LogP contribution is 2.43. The smallest absolute Gasteiger partial charge is 0.508 e. The molecule has 0 amide bonds. The van der Waals surface area contributed by atoms with Crippen molar-refractivity contribution < 1.29 is 36.5 Å². The van der Waals surface area contributed by atoms with E-state index in [9.17, 15) is 22.7 Å². The van der Waals surface area contributed by atoms with Crippen molar-refractivity contribution >= 4 is 16.7 Å². The van der Waals surface area contributed by atoms with Crippen molar-refractivity contribution in [2.24, 2.45) is 11.8 Å². The highest BCUT2D eigenvalue weighted by Gasteiger charge is 2.49. The lowest BCUT2D eigenvalue weighted by Gasteiger charge is -2.34. The van der Waals surface area contributed by atoms with E-state index < -0.39 is 35.3 Å². The molecule has 42 heavy (non-hydrogen) atoms. The van der Waals surface area contributed by atoms with E-state index >= 15 is 4.39 Å². The molecule has 4 fully saturated rings. The van der Waals surface area contributed by atoms with Gasteiger partial charge in [-0.3, -0.25) is 9.88 Å². The summed E-state index contributed by atoms with van der Waals surface area (Å²) in [5.74, 6) is -0.690. The molecule has 1 N–H and O–H groups in total. The SMILES string of the molecule is Oc1ccc(OC(F)(F)F)c(-c2ncc3c(N4CC5CCC(C5)C4)nc(OC[C@@]45CCCN4C[C@H](F)C5)nc3c2F)c1. The molecule has 1 aliphatic carbocycles. The lowest BCUT2D eigenvalue weighted by molar-refractivity contribution is -0.274. The molecule has 1 saturated carbocycles. The van der Waals surface area contributed by atoms with Gasteiger partial charge in [0.15, 0.2) is 5.82 Å². The molecule has 3 aromatic rings. The first kappa shape index (κ1) is 27.4. The molecule has 2 unspecified atom stereocenters. The molecule has 5 heterocycles. The van der Waals surface area contributed by atoms with Gasteiger partial charge in [-0.2, -0.15) is 9.97 Å². The van der Waals surface area contributed by atoms with Crippen molar-refractivity contribution in [3.05, 3.63) is 30.2 Å². The van der Waals surface area contributed by atoms with Gasteiger partial charge in [-0.1, -0.05) is 0 Å². The van der Waals surface area contributed by atoms with E-state index in [1.807, 2.05) is 0 Å². The monoisotopic (exact) mass is 591 g/mol. The molecule has 3 saturated heterocycles. The quantitative estimate of drug-likeness (QED) is 0.370. The number of aromatic hydroxyl groups is 1. The third-order valence-electron chi connectivity index (χ3n) is 9.22. The van der Waals surface area contributed by atoms with Gasteiger partial charge in [0.25, 0.3) is 0 Å². The summed E-state index contributed by atoms with van der Waals surface area (Å²) in [6, 6.07) is 2.79. The Bertz CT molecular complexity index is 1510. The number of anilines is 1. The average Bonchev–Trinajstić information content (AvgIpc) is 3.58. The largest absolute Gasteiger partial charge is 0.573 e. The zero-order valence-electron chi connectivity index (χ0n) is 22.7. The van der Waals surface area contributed by atoms with Crippen molar-refractivity contribution in [3.8, 4) is 28.8 Å². The minimum absolute atomic E-state index is 0.0855. The zero-order chi connectivity index (χ0) is 29.2. The molecule has 8 nitrogen and oxygen atoms in total. The summed E-state index contributed by atoms with van der Waals surface area (Å²) in [6.07, 6.45) is 0.707. The number of phenols is 1. The van der Waals surface area contributed by atoms with Gasteiger partial charge in [0.1, 0.15) is 41.3 Å². The summed E-state index contributed by atoms with van der Waals surface area (Å²) >= 11 is 0. The van der Waals surface area contributed by atoms with Crippen LogP contribution in [0.4, 0.5) is 27.8 Å². The van der Waals surface area contributed by atoms with Crippen molar-refractivity contribution in [3.63, 3.8) is 0 Å². The van der Waals surface area contributed by atoms with E-state index in [1.54, 1.807) is 0 Å². The molecule has 224 valence electrons. The molecule has 4 aliphatic rings. The number of halogens is 5. The fourth-order valence-corrected chi connectivity index (χ4v) is 7.46. The molecule has 13 heteroatoms. The van der Waals surface area contributed by atoms with Crippen molar-refractivity contribution in [1.29, 1.82) is 0 Å². The summed E-state index contributed by atoms with van der Waals surface area (Å²) in [5, 5.41) is 10.3. The number of alkyl halides is 4. The molecule has 3 aliphatic heterocycles. The van der Waals surface area contributed by atoms with Crippen LogP contribution in [0.5, 0.6) is 17.5 Å². The van der Waals surface area contributed by atoms with Crippen LogP contribution in [0.1, 0.15) is 38.5 Å². The van der Waals surface area contributed by atoms with Crippen LogP contribution in [-0.2, 0) is 0 Å². The summed E-state index contributed by atoms with van der Waals surface area (Å²) in [4.78, 5) is 17.4. The van der Waals surface area contributed by atoms with Crippen LogP contribution < -0.4 is 14.4 Å². The Kier molecular flexibility index (Phi) is 6.55. The highest BCUT2D eigenvalue weighted by atomic mass is 19.4. The Morgan fingerprint density at radius 2 is 1.88 bits per heavy atom. The lowest BCUT2D eigenvalue weighted by Crippen LogP contribution is -2.43. The average molecular weight is 592 g/mol. The lowest BCUT2D eigenvalue weighted by atomic mass is 9.95. The van der Waals surface area contributed by atoms with E-state index in [-0.39, 0.29) is 29.4 Å². The van der Waals surface area contributed by atoms with Crippen LogP contribution in [0.3, 0.4) is 0 Å². The van der Waals surface area contributed by atoms with Gasteiger partial charge >= 0.3 is 12.4 Å². The maximum Gasteiger partial charge on any atom is 0.573 e. The number of rotatable bonds is 6. The van der Waals surface area contributed by atoms with Crippen LogP contribution in [0.15, 0.2) is 24.4 Å². The minimum atomic E-state index is -5.05. The van der Waals surface area contributed by atoms with E-state index in [1.165, 1.54) is 6.20 Å². The van der Waals surface area contributed by atoms with Gasteiger partial charge in [-0.25, -0.2) is 8.78 Å². The summed E-state index contributed by atoms with van der Waals surface area (Å²) in [6.45, 7) is 2.71. The van der Waals surface area contributed by atoms with Crippen molar-refractivity contribution in [1.82, 2.24) is 19.9 Å². The van der Waals surface area contributed by atoms with Crippen molar-refractivity contribution in [2.45, 2.75) is 56.6 Å². The predicted molar refractivity (Wildman–Crippen MR) is 143 cm³/mol. The number of fused-ring (bicyclic) bond motifs is 4. The third kappa shape index (κ3) is 4.95. The van der Waals surface area contributed by atoms with Gasteiger partial charge in [0, 0.05) is 37.8 Å². The first-order valence-electron chi connectivity index (χ1n) is 14.3. The maximum atomic E-state index is 16.3. The first-order chi connectivity index (χ1) is 20.1. The highest BCUT2D eigenvalue weighted by molar-refractivity contribution is 5.92. The number of hydrogen-bond donors (Lipinski definition) is 1. The third-order valence-corrected chi connectivity index (χ3v) is 9.22.